The van der Waals surface area contributed by atoms with Crippen LogP contribution in [0.1, 0.15) is 26.3 Å². The van der Waals surface area contributed by atoms with E-state index in [0.717, 1.165) is 44.9 Å². The molecule has 0 bridgehead atoms. The Hall–Kier alpha value is -5.57. The molecule has 0 saturated carbocycles. The summed E-state index contributed by atoms with van der Waals surface area (Å²) >= 11 is 0. The normalized spacial score (nSPS) is 12.6. The van der Waals surface area contributed by atoms with E-state index in [1.807, 2.05) is 36.4 Å². The Bertz CT molecular complexity index is 2500. The standard InChI is InChI=1S/C47H35N3O.Pt/c1-47(2,3)34-27-28-39(33-15-5-4-6-16-33)46(29-34)49-32-48(44-25-11-12-26-45(44)49)35-17-13-19-37(30-35)51-38-20-14-18-36(31-38)50-42-23-9-7-21-40(42)41-22-8-10-24-43(41)50;/h4-23,25-29,32H,1-3H3;/q-4;+4. The van der Waals surface area contributed by atoms with Crippen LogP contribution >= 0.6 is 0 Å². The maximum Gasteiger partial charge on any atom is 4.00 e. The molecule has 0 fully saturated rings. The van der Waals surface area contributed by atoms with Crippen LogP contribution in [0, 0.1) is 24.9 Å². The van der Waals surface area contributed by atoms with Crippen molar-refractivity contribution in [1.29, 1.82) is 0 Å². The quantitative estimate of drug-likeness (QED) is 0.156. The summed E-state index contributed by atoms with van der Waals surface area (Å²) in [5.41, 5.74) is 10.8. The predicted octanol–water partition coefficient (Wildman–Crippen LogP) is 12.3. The molecular formula is C47H35N3OPt. The summed E-state index contributed by atoms with van der Waals surface area (Å²) in [6.07, 6.45) is 0. The molecule has 0 N–H and O–H groups in total. The first-order valence-corrected chi connectivity index (χ1v) is 17.3. The van der Waals surface area contributed by atoms with Gasteiger partial charge in [-0.1, -0.05) is 105 Å². The van der Waals surface area contributed by atoms with E-state index in [0.29, 0.717) is 11.5 Å². The van der Waals surface area contributed by atoms with Crippen LogP contribution in [-0.2, 0) is 26.5 Å². The van der Waals surface area contributed by atoms with Crippen LogP contribution in [0.25, 0.3) is 38.6 Å². The molecule has 0 saturated heterocycles. The Labute approximate surface area is 319 Å². The SMILES string of the molecule is CC(C)(C)c1ccc(-c2ccccc2)c(N2[CH-]N(c3[c-]c(Oc4[c-]c(-n5c6[c-]cccc6c6ccccc65)ccc4)ccc3)c3ccccc32)c1.[Pt+4]. The van der Waals surface area contributed by atoms with E-state index in [9.17, 15) is 0 Å². The third-order valence-electron chi connectivity index (χ3n) is 9.56. The van der Waals surface area contributed by atoms with Crippen LogP contribution in [-0.4, -0.2) is 4.57 Å². The van der Waals surface area contributed by atoms with Gasteiger partial charge in [0.2, 0.25) is 0 Å². The summed E-state index contributed by atoms with van der Waals surface area (Å²) in [6, 6.07) is 63.1. The minimum absolute atomic E-state index is 0. The fourth-order valence-electron chi connectivity index (χ4n) is 7.03. The number of benzene rings is 7. The molecule has 0 atom stereocenters. The van der Waals surface area contributed by atoms with Crippen molar-refractivity contribution in [2.75, 3.05) is 9.80 Å². The minimum Gasteiger partial charge on any atom is -0.509 e. The summed E-state index contributed by atoms with van der Waals surface area (Å²) in [4.78, 5) is 4.49. The molecule has 0 spiro atoms. The molecule has 0 amide bonds. The summed E-state index contributed by atoms with van der Waals surface area (Å²) < 4.78 is 8.68. The largest absolute Gasteiger partial charge is 4.00 e. The molecule has 1 aromatic heterocycles. The molecule has 4 nitrogen and oxygen atoms in total. The number of anilines is 4. The van der Waals surface area contributed by atoms with E-state index in [1.165, 1.54) is 22.1 Å². The zero-order chi connectivity index (χ0) is 34.5. The van der Waals surface area contributed by atoms with Crippen molar-refractivity contribution in [2.45, 2.75) is 26.2 Å². The Morgan fingerprint density at radius 3 is 2.00 bits per heavy atom. The molecule has 0 aliphatic carbocycles. The van der Waals surface area contributed by atoms with Crippen molar-refractivity contribution in [2.24, 2.45) is 0 Å². The summed E-state index contributed by atoms with van der Waals surface area (Å²) in [7, 11) is 0. The van der Waals surface area contributed by atoms with Gasteiger partial charge in [0, 0.05) is 39.6 Å². The van der Waals surface area contributed by atoms with Crippen molar-refractivity contribution < 1.29 is 25.8 Å². The number of rotatable bonds is 6. The van der Waals surface area contributed by atoms with Crippen LogP contribution < -0.4 is 14.5 Å². The smallest absolute Gasteiger partial charge is 0.509 e. The fraction of sp³-hybridized carbons (Fsp3) is 0.0851. The van der Waals surface area contributed by atoms with Gasteiger partial charge >= 0.3 is 21.1 Å². The maximum atomic E-state index is 6.48. The van der Waals surface area contributed by atoms with Crippen molar-refractivity contribution >= 4 is 44.6 Å². The molecule has 0 radical (unpaired) electrons. The van der Waals surface area contributed by atoms with Gasteiger partial charge in [-0.2, -0.15) is 36.4 Å². The molecule has 0 unspecified atom stereocenters. The number of nitrogens with zero attached hydrogens (tertiary/aromatic N) is 3. The molecule has 9 rings (SSSR count). The van der Waals surface area contributed by atoms with Crippen LogP contribution in [0.2, 0.25) is 0 Å². The van der Waals surface area contributed by atoms with Gasteiger partial charge in [0.05, 0.1) is 0 Å². The first-order valence-electron chi connectivity index (χ1n) is 17.3. The number of hydrogen-bond donors (Lipinski definition) is 0. The summed E-state index contributed by atoms with van der Waals surface area (Å²) in [5, 5.41) is 2.34. The predicted molar refractivity (Wildman–Crippen MR) is 209 cm³/mol. The van der Waals surface area contributed by atoms with Crippen LogP contribution in [0.15, 0.2) is 152 Å². The molecule has 254 valence electrons. The number of para-hydroxylation sites is 4. The topological polar surface area (TPSA) is 20.6 Å². The van der Waals surface area contributed by atoms with E-state index < -0.39 is 0 Å². The van der Waals surface area contributed by atoms with E-state index in [1.54, 1.807) is 0 Å². The molecule has 1 aliphatic heterocycles. The van der Waals surface area contributed by atoms with E-state index in [4.69, 9.17) is 4.74 Å². The van der Waals surface area contributed by atoms with Gasteiger partial charge in [-0.05, 0) is 46.2 Å². The van der Waals surface area contributed by atoms with E-state index in [2.05, 4.69) is 175 Å². The Morgan fingerprint density at radius 1 is 0.577 bits per heavy atom. The third kappa shape index (κ3) is 5.97. The Morgan fingerprint density at radius 2 is 1.23 bits per heavy atom. The van der Waals surface area contributed by atoms with Crippen LogP contribution in [0.4, 0.5) is 22.7 Å². The molecule has 2 heterocycles. The molecule has 52 heavy (non-hydrogen) atoms. The second-order valence-electron chi connectivity index (χ2n) is 13.9. The maximum absolute atomic E-state index is 6.48. The van der Waals surface area contributed by atoms with Crippen LogP contribution in [0.3, 0.4) is 0 Å². The summed E-state index contributed by atoms with van der Waals surface area (Å²) in [5.74, 6) is 1.22. The minimum atomic E-state index is -0.00350. The molecule has 7 aromatic carbocycles. The molecule has 5 heteroatoms. The van der Waals surface area contributed by atoms with Gasteiger partial charge in [-0.25, -0.2) is 0 Å². The number of fused-ring (bicyclic) bond motifs is 4. The van der Waals surface area contributed by atoms with E-state index >= 15 is 0 Å². The van der Waals surface area contributed by atoms with E-state index in [-0.39, 0.29) is 26.5 Å². The monoisotopic (exact) mass is 852 g/mol. The molecule has 8 aromatic rings. The van der Waals surface area contributed by atoms with Crippen molar-refractivity contribution in [3.8, 4) is 28.3 Å². The third-order valence-corrected chi connectivity index (χ3v) is 9.56. The second-order valence-corrected chi connectivity index (χ2v) is 13.9. The second kappa shape index (κ2) is 13.5. The van der Waals surface area contributed by atoms with Gasteiger partial charge in [0.1, 0.15) is 0 Å². The summed E-state index contributed by atoms with van der Waals surface area (Å²) in [6.45, 7) is 8.95. The Kier molecular flexibility index (Phi) is 8.73. The number of aromatic nitrogens is 1. The number of ether oxygens (including phenoxy) is 1. The Balaban J connectivity index is 0.00000387. The zero-order valence-electron chi connectivity index (χ0n) is 29.1. The van der Waals surface area contributed by atoms with Gasteiger partial charge in [0.25, 0.3) is 0 Å². The average molecular weight is 853 g/mol. The zero-order valence-corrected chi connectivity index (χ0v) is 31.3. The van der Waals surface area contributed by atoms with Crippen LogP contribution in [0.5, 0.6) is 11.5 Å². The molecule has 1 aliphatic rings. The molecular weight excluding hydrogens is 818 g/mol. The van der Waals surface area contributed by atoms with Gasteiger partial charge in [-0.3, -0.25) is 0 Å². The number of hydrogen-bond acceptors (Lipinski definition) is 3. The fourth-order valence-corrected chi connectivity index (χ4v) is 7.03. The first kappa shape index (κ1) is 33.6. The first-order chi connectivity index (χ1) is 24.9. The van der Waals surface area contributed by atoms with Crippen molar-refractivity contribution in [3.63, 3.8) is 0 Å². The van der Waals surface area contributed by atoms with Gasteiger partial charge in [-0.15, -0.1) is 54.1 Å². The van der Waals surface area contributed by atoms with Gasteiger partial charge < -0.3 is 19.1 Å². The van der Waals surface area contributed by atoms with Crippen molar-refractivity contribution in [3.05, 3.63) is 182 Å². The van der Waals surface area contributed by atoms with Crippen molar-refractivity contribution in [1.82, 2.24) is 4.57 Å². The average Bonchev–Trinajstić information content (AvgIpc) is 3.71. The van der Waals surface area contributed by atoms with Gasteiger partial charge in [0.15, 0.2) is 0 Å².